The predicted molar refractivity (Wildman–Crippen MR) is 69.2 cm³/mol. The van der Waals surface area contributed by atoms with Crippen LogP contribution in [0.4, 0.5) is 0 Å². The number of hydrogen-bond acceptors (Lipinski definition) is 2. The normalized spacial score (nSPS) is 25.3. The maximum absolute atomic E-state index is 6.24. The second-order valence-corrected chi connectivity index (χ2v) is 6.20. The molecular formula is C13H23NS. The van der Waals surface area contributed by atoms with E-state index < -0.39 is 0 Å². The van der Waals surface area contributed by atoms with Crippen molar-refractivity contribution in [2.75, 3.05) is 5.75 Å². The molecule has 0 aromatic heterocycles. The molecule has 0 heterocycles. The van der Waals surface area contributed by atoms with Gasteiger partial charge in [-0.15, -0.1) is 0 Å². The Morgan fingerprint density at radius 2 is 2.07 bits per heavy atom. The first-order valence-corrected chi connectivity index (χ1v) is 7.47. The van der Waals surface area contributed by atoms with Gasteiger partial charge in [-0.2, -0.15) is 11.8 Å². The van der Waals surface area contributed by atoms with Crippen LogP contribution in [0.25, 0.3) is 0 Å². The number of hydrogen-bond donors (Lipinski definition) is 1. The van der Waals surface area contributed by atoms with Crippen molar-refractivity contribution in [1.82, 2.24) is 0 Å². The van der Waals surface area contributed by atoms with Gasteiger partial charge in [-0.1, -0.05) is 24.5 Å². The van der Waals surface area contributed by atoms with Crippen molar-refractivity contribution in [3.8, 4) is 0 Å². The Morgan fingerprint density at radius 1 is 1.27 bits per heavy atom. The van der Waals surface area contributed by atoms with Crippen molar-refractivity contribution in [3.05, 3.63) is 11.6 Å². The molecule has 0 bridgehead atoms. The fraction of sp³-hybridized carbons (Fsp3) is 0.846. The van der Waals surface area contributed by atoms with Crippen LogP contribution in [0.5, 0.6) is 0 Å². The van der Waals surface area contributed by atoms with E-state index in [0.29, 0.717) is 6.04 Å². The van der Waals surface area contributed by atoms with E-state index in [2.05, 4.69) is 17.8 Å². The summed E-state index contributed by atoms with van der Waals surface area (Å²) in [5.74, 6) is 1.15. The highest BCUT2D eigenvalue weighted by Crippen LogP contribution is 2.31. The smallest absolute Gasteiger partial charge is 0.0345 e. The van der Waals surface area contributed by atoms with Gasteiger partial charge in [0.1, 0.15) is 0 Å². The highest BCUT2D eigenvalue weighted by atomic mass is 32.2. The molecule has 2 N–H and O–H groups in total. The zero-order valence-corrected chi connectivity index (χ0v) is 10.4. The Bertz CT molecular complexity index is 219. The second kappa shape index (κ2) is 5.95. The Kier molecular flexibility index (Phi) is 4.58. The summed E-state index contributed by atoms with van der Waals surface area (Å²) < 4.78 is 0. The lowest BCUT2D eigenvalue weighted by atomic mass is 9.95. The topological polar surface area (TPSA) is 26.0 Å². The minimum absolute atomic E-state index is 0.343. The molecule has 2 heteroatoms. The zero-order chi connectivity index (χ0) is 10.5. The molecule has 0 aromatic carbocycles. The van der Waals surface area contributed by atoms with Crippen LogP contribution in [-0.4, -0.2) is 17.0 Å². The Balaban J connectivity index is 1.71. The van der Waals surface area contributed by atoms with E-state index in [1.165, 1.54) is 56.9 Å². The number of thioether (sulfide) groups is 1. The SMILES string of the molecule is NC(CSC1CCCC1)C1=CCCCC1. The number of rotatable bonds is 4. The largest absolute Gasteiger partial charge is 0.324 e. The summed E-state index contributed by atoms with van der Waals surface area (Å²) in [5.41, 5.74) is 7.77. The lowest BCUT2D eigenvalue weighted by molar-refractivity contribution is 0.656. The molecule has 0 saturated heterocycles. The van der Waals surface area contributed by atoms with Crippen molar-refractivity contribution in [1.29, 1.82) is 0 Å². The first-order valence-electron chi connectivity index (χ1n) is 6.42. The van der Waals surface area contributed by atoms with Crippen LogP contribution in [0.1, 0.15) is 51.4 Å². The Hall–Kier alpha value is 0.0500. The third-order valence-electron chi connectivity index (χ3n) is 3.62. The van der Waals surface area contributed by atoms with Crippen LogP contribution >= 0.6 is 11.8 Å². The molecule has 15 heavy (non-hydrogen) atoms. The standard InChI is InChI=1S/C13H23NS/c14-13(11-6-2-1-3-7-11)10-15-12-8-4-5-9-12/h6,12-13H,1-5,7-10,14H2. The van der Waals surface area contributed by atoms with Crippen LogP contribution < -0.4 is 5.73 Å². The van der Waals surface area contributed by atoms with E-state index in [9.17, 15) is 0 Å². The molecule has 86 valence electrons. The molecule has 2 aliphatic rings. The minimum Gasteiger partial charge on any atom is -0.324 e. The third-order valence-corrected chi connectivity index (χ3v) is 5.11. The summed E-state index contributed by atoms with van der Waals surface area (Å²) >= 11 is 2.12. The van der Waals surface area contributed by atoms with E-state index in [4.69, 9.17) is 5.73 Å². The van der Waals surface area contributed by atoms with Gasteiger partial charge in [0.15, 0.2) is 0 Å². The molecule has 2 aliphatic carbocycles. The van der Waals surface area contributed by atoms with Crippen LogP contribution in [0.15, 0.2) is 11.6 Å². The minimum atomic E-state index is 0.343. The van der Waals surface area contributed by atoms with Crippen molar-refractivity contribution in [2.24, 2.45) is 5.73 Å². The van der Waals surface area contributed by atoms with E-state index in [1.54, 1.807) is 0 Å². The van der Waals surface area contributed by atoms with E-state index in [-0.39, 0.29) is 0 Å². The van der Waals surface area contributed by atoms with Gasteiger partial charge < -0.3 is 5.73 Å². The van der Waals surface area contributed by atoms with Gasteiger partial charge in [-0.05, 0) is 38.5 Å². The summed E-state index contributed by atoms with van der Waals surface area (Å²) in [4.78, 5) is 0. The maximum atomic E-state index is 6.24. The van der Waals surface area contributed by atoms with Gasteiger partial charge in [0, 0.05) is 17.0 Å². The first kappa shape index (κ1) is 11.5. The van der Waals surface area contributed by atoms with Gasteiger partial charge >= 0.3 is 0 Å². The summed E-state index contributed by atoms with van der Waals surface area (Å²) in [6.07, 6.45) is 13.4. The van der Waals surface area contributed by atoms with Gasteiger partial charge in [0.25, 0.3) is 0 Å². The zero-order valence-electron chi connectivity index (χ0n) is 9.58. The number of nitrogens with two attached hydrogens (primary N) is 1. The monoisotopic (exact) mass is 225 g/mol. The summed E-state index contributed by atoms with van der Waals surface area (Å²) in [5, 5.41) is 0.917. The molecule has 1 saturated carbocycles. The summed E-state index contributed by atoms with van der Waals surface area (Å²) in [6.45, 7) is 0. The number of allylic oxidation sites excluding steroid dienone is 1. The lowest BCUT2D eigenvalue weighted by Crippen LogP contribution is -2.27. The van der Waals surface area contributed by atoms with Crippen molar-refractivity contribution >= 4 is 11.8 Å². The maximum Gasteiger partial charge on any atom is 0.0345 e. The molecule has 0 radical (unpaired) electrons. The first-order chi connectivity index (χ1) is 7.36. The van der Waals surface area contributed by atoms with Gasteiger partial charge in [-0.3, -0.25) is 0 Å². The highest BCUT2D eigenvalue weighted by Gasteiger charge is 2.18. The second-order valence-electron chi connectivity index (χ2n) is 4.87. The van der Waals surface area contributed by atoms with Gasteiger partial charge in [0.05, 0.1) is 0 Å². The average Bonchev–Trinajstić information content (AvgIpc) is 2.80. The predicted octanol–water partition coefficient (Wildman–Crippen LogP) is 3.49. The van der Waals surface area contributed by atoms with Crippen LogP contribution in [0.3, 0.4) is 0 Å². The summed E-state index contributed by atoms with van der Waals surface area (Å²) in [7, 11) is 0. The van der Waals surface area contributed by atoms with Crippen molar-refractivity contribution in [2.45, 2.75) is 62.7 Å². The summed E-state index contributed by atoms with van der Waals surface area (Å²) in [6, 6.07) is 0.343. The van der Waals surface area contributed by atoms with Gasteiger partial charge in [0.2, 0.25) is 0 Å². The van der Waals surface area contributed by atoms with E-state index in [1.807, 2.05) is 0 Å². The van der Waals surface area contributed by atoms with E-state index in [0.717, 1.165) is 11.0 Å². The average molecular weight is 225 g/mol. The molecule has 0 aromatic rings. The van der Waals surface area contributed by atoms with Crippen LogP contribution in [0, 0.1) is 0 Å². The Morgan fingerprint density at radius 3 is 2.73 bits per heavy atom. The molecular weight excluding hydrogens is 202 g/mol. The molecule has 0 spiro atoms. The molecule has 0 amide bonds. The Labute approximate surface area is 97.9 Å². The molecule has 2 rings (SSSR count). The molecule has 1 unspecified atom stereocenters. The molecule has 1 nitrogen and oxygen atoms in total. The molecule has 0 aliphatic heterocycles. The lowest BCUT2D eigenvalue weighted by Gasteiger charge is -2.20. The van der Waals surface area contributed by atoms with Crippen LogP contribution in [0.2, 0.25) is 0 Å². The van der Waals surface area contributed by atoms with Gasteiger partial charge in [-0.25, -0.2) is 0 Å². The fourth-order valence-electron chi connectivity index (χ4n) is 2.60. The fourth-order valence-corrected chi connectivity index (χ4v) is 3.96. The highest BCUT2D eigenvalue weighted by molar-refractivity contribution is 7.99. The van der Waals surface area contributed by atoms with E-state index >= 15 is 0 Å². The quantitative estimate of drug-likeness (QED) is 0.741. The van der Waals surface area contributed by atoms with Crippen molar-refractivity contribution < 1.29 is 0 Å². The van der Waals surface area contributed by atoms with Crippen molar-refractivity contribution in [3.63, 3.8) is 0 Å². The molecule has 1 fully saturated rings. The third kappa shape index (κ3) is 3.53. The van der Waals surface area contributed by atoms with Crippen LogP contribution in [-0.2, 0) is 0 Å². The molecule has 1 atom stereocenters.